The van der Waals surface area contributed by atoms with Crippen LogP contribution in [-0.2, 0) is 10.0 Å². The Hall–Kier alpha value is -1.56. The summed E-state index contributed by atoms with van der Waals surface area (Å²) >= 11 is 0. The zero-order valence-electron chi connectivity index (χ0n) is 9.67. The van der Waals surface area contributed by atoms with Gasteiger partial charge in [-0.3, -0.25) is 4.79 Å². The molecule has 92 valence electrons. The molecule has 0 radical (unpaired) electrons. The van der Waals surface area contributed by atoms with E-state index in [9.17, 15) is 13.2 Å². The van der Waals surface area contributed by atoms with Crippen LogP contribution in [0.3, 0.4) is 0 Å². The van der Waals surface area contributed by atoms with E-state index < -0.39 is 15.9 Å². The third-order valence-electron chi connectivity index (χ3n) is 2.58. The van der Waals surface area contributed by atoms with E-state index in [2.05, 4.69) is 0 Å². The number of amides is 1. The third-order valence-corrected chi connectivity index (χ3v) is 4.45. The molecule has 2 rings (SSSR count). The molecule has 0 spiro atoms. The van der Waals surface area contributed by atoms with Gasteiger partial charge in [0.05, 0.1) is 11.3 Å². The van der Waals surface area contributed by atoms with Crippen LogP contribution in [0.1, 0.15) is 24.2 Å². The van der Waals surface area contributed by atoms with Crippen molar-refractivity contribution in [2.75, 3.05) is 12.3 Å². The highest BCUT2D eigenvalue weighted by molar-refractivity contribution is 7.90. The number of sulfonamides is 1. The number of rotatable bonds is 2. The molecule has 0 saturated carbocycles. The molecule has 1 aromatic carbocycles. The summed E-state index contributed by atoms with van der Waals surface area (Å²) in [6, 6.07) is 4.56. The SMILES string of the molecule is CC(C)CN1C(=O)c2cccc(N)c2S1(=O)=O. The largest absolute Gasteiger partial charge is 0.398 e. The second-order valence-electron chi connectivity index (χ2n) is 4.46. The molecule has 0 bridgehead atoms. The molecule has 2 N–H and O–H groups in total. The molecule has 0 atom stereocenters. The van der Waals surface area contributed by atoms with Crippen molar-refractivity contribution >= 4 is 21.6 Å². The van der Waals surface area contributed by atoms with Gasteiger partial charge in [0.2, 0.25) is 0 Å². The average Bonchev–Trinajstić information content (AvgIpc) is 2.40. The Morgan fingerprint density at radius 2 is 2.00 bits per heavy atom. The molecule has 0 aliphatic carbocycles. The zero-order chi connectivity index (χ0) is 12.8. The molecule has 1 aromatic rings. The Morgan fingerprint density at radius 3 is 2.53 bits per heavy atom. The van der Waals surface area contributed by atoms with Gasteiger partial charge in [-0.1, -0.05) is 19.9 Å². The molecule has 1 heterocycles. The van der Waals surface area contributed by atoms with Crippen molar-refractivity contribution in [3.05, 3.63) is 23.8 Å². The molecule has 1 amide bonds. The van der Waals surface area contributed by atoms with Crippen LogP contribution in [0, 0.1) is 5.92 Å². The van der Waals surface area contributed by atoms with Gasteiger partial charge in [0.1, 0.15) is 4.90 Å². The smallest absolute Gasteiger partial charge is 0.269 e. The van der Waals surface area contributed by atoms with Crippen molar-refractivity contribution < 1.29 is 13.2 Å². The number of nitrogens with two attached hydrogens (primary N) is 1. The van der Waals surface area contributed by atoms with Crippen molar-refractivity contribution in [3.63, 3.8) is 0 Å². The van der Waals surface area contributed by atoms with Crippen molar-refractivity contribution in [1.29, 1.82) is 0 Å². The highest BCUT2D eigenvalue weighted by Gasteiger charge is 2.42. The van der Waals surface area contributed by atoms with Crippen LogP contribution in [0.5, 0.6) is 0 Å². The van der Waals surface area contributed by atoms with Crippen LogP contribution in [0.2, 0.25) is 0 Å². The number of hydrogen-bond donors (Lipinski definition) is 1. The van der Waals surface area contributed by atoms with Gasteiger partial charge in [0.25, 0.3) is 15.9 Å². The highest BCUT2D eigenvalue weighted by Crippen LogP contribution is 2.34. The maximum atomic E-state index is 12.2. The van der Waals surface area contributed by atoms with Crippen molar-refractivity contribution in [3.8, 4) is 0 Å². The summed E-state index contributed by atoms with van der Waals surface area (Å²) in [5.74, 6) is -0.412. The summed E-state index contributed by atoms with van der Waals surface area (Å²) in [6.07, 6.45) is 0. The molecule has 0 fully saturated rings. The second kappa shape index (κ2) is 3.73. The van der Waals surface area contributed by atoms with Gasteiger partial charge in [0.15, 0.2) is 0 Å². The lowest BCUT2D eigenvalue weighted by molar-refractivity contribution is 0.0861. The standard InChI is InChI=1S/C11H14N2O3S/c1-7(2)6-13-11(14)8-4-3-5-9(12)10(8)17(13,15)16/h3-5,7H,6,12H2,1-2H3. The summed E-state index contributed by atoms with van der Waals surface area (Å²) in [4.78, 5) is 11.9. The molecule has 17 heavy (non-hydrogen) atoms. The summed E-state index contributed by atoms with van der Waals surface area (Å²) < 4.78 is 25.3. The number of carbonyl (C=O) groups excluding carboxylic acids is 1. The summed E-state index contributed by atoms with van der Waals surface area (Å²) in [7, 11) is -3.76. The first-order valence-electron chi connectivity index (χ1n) is 5.31. The number of anilines is 1. The van der Waals surface area contributed by atoms with Crippen molar-refractivity contribution in [2.24, 2.45) is 5.92 Å². The number of benzene rings is 1. The van der Waals surface area contributed by atoms with E-state index in [1.54, 1.807) is 6.07 Å². The summed E-state index contributed by atoms with van der Waals surface area (Å²) in [6.45, 7) is 3.89. The van der Waals surface area contributed by atoms with Crippen LogP contribution >= 0.6 is 0 Å². The lowest BCUT2D eigenvalue weighted by atomic mass is 10.1. The van der Waals surface area contributed by atoms with Gasteiger partial charge in [-0.2, -0.15) is 0 Å². The Bertz CT molecular complexity index is 578. The predicted octanol–water partition coefficient (Wildman–Crippen LogP) is 1.07. The minimum Gasteiger partial charge on any atom is -0.398 e. The van der Waals surface area contributed by atoms with E-state index in [1.165, 1.54) is 12.1 Å². The van der Waals surface area contributed by atoms with Gasteiger partial charge in [-0.25, -0.2) is 12.7 Å². The lowest BCUT2D eigenvalue weighted by Crippen LogP contribution is -2.33. The maximum absolute atomic E-state index is 12.2. The van der Waals surface area contributed by atoms with Gasteiger partial charge in [-0.05, 0) is 18.1 Å². The summed E-state index contributed by atoms with van der Waals surface area (Å²) in [5, 5.41) is 0. The molecular formula is C11H14N2O3S. The topological polar surface area (TPSA) is 80.5 Å². The van der Waals surface area contributed by atoms with Gasteiger partial charge in [0, 0.05) is 6.54 Å². The van der Waals surface area contributed by atoms with E-state index in [4.69, 9.17) is 5.73 Å². The second-order valence-corrected chi connectivity index (χ2v) is 6.26. The van der Waals surface area contributed by atoms with Crippen molar-refractivity contribution in [1.82, 2.24) is 4.31 Å². The lowest BCUT2D eigenvalue weighted by Gasteiger charge is -2.17. The number of fused-ring (bicyclic) bond motifs is 1. The number of nitrogen functional groups attached to an aromatic ring is 1. The first kappa shape index (κ1) is 11.9. The van der Waals surface area contributed by atoms with Crippen LogP contribution in [0.4, 0.5) is 5.69 Å². The molecule has 0 unspecified atom stereocenters. The molecule has 0 aromatic heterocycles. The fraction of sp³-hybridized carbons (Fsp3) is 0.364. The Morgan fingerprint density at radius 1 is 1.35 bits per heavy atom. The van der Waals surface area contributed by atoms with E-state index in [-0.39, 0.29) is 28.6 Å². The Balaban J connectivity index is 2.61. The molecule has 5 nitrogen and oxygen atoms in total. The number of nitrogens with zero attached hydrogens (tertiary/aromatic N) is 1. The zero-order valence-corrected chi connectivity index (χ0v) is 10.5. The molecule has 1 aliphatic heterocycles. The van der Waals surface area contributed by atoms with Gasteiger partial charge < -0.3 is 5.73 Å². The molecule has 0 saturated heterocycles. The van der Waals surface area contributed by atoms with Crippen LogP contribution in [-0.4, -0.2) is 25.2 Å². The molecule has 1 aliphatic rings. The van der Waals surface area contributed by atoms with Crippen LogP contribution < -0.4 is 5.73 Å². The number of hydrogen-bond acceptors (Lipinski definition) is 4. The average molecular weight is 254 g/mol. The first-order valence-corrected chi connectivity index (χ1v) is 6.75. The Labute approximate surface area is 100 Å². The van der Waals surface area contributed by atoms with Crippen LogP contribution in [0.15, 0.2) is 23.1 Å². The first-order chi connectivity index (χ1) is 7.85. The maximum Gasteiger partial charge on any atom is 0.269 e. The quantitative estimate of drug-likeness (QED) is 0.800. The molecular weight excluding hydrogens is 240 g/mol. The summed E-state index contributed by atoms with van der Waals surface area (Å²) in [5.41, 5.74) is 5.94. The van der Waals surface area contributed by atoms with Crippen molar-refractivity contribution in [2.45, 2.75) is 18.7 Å². The monoisotopic (exact) mass is 254 g/mol. The minimum absolute atomic E-state index is 0.0503. The predicted molar refractivity (Wildman–Crippen MR) is 63.9 cm³/mol. The molecule has 6 heteroatoms. The van der Waals surface area contributed by atoms with Gasteiger partial charge in [-0.15, -0.1) is 0 Å². The minimum atomic E-state index is -3.76. The number of carbonyl (C=O) groups is 1. The third kappa shape index (κ3) is 1.68. The highest BCUT2D eigenvalue weighted by atomic mass is 32.2. The normalized spacial score (nSPS) is 17.6. The fourth-order valence-electron chi connectivity index (χ4n) is 1.88. The van der Waals surface area contributed by atoms with E-state index >= 15 is 0 Å². The van der Waals surface area contributed by atoms with Crippen LogP contribution in [0.25, 0.3) is 0 Å². The fourth-order valence-corrected chi connectivity index (χ4v) is 3.71. The van der Waals surface area contributed by atoms with E-state index in [0.29, 0.717) is 0 Å². The van der Waals surface area contributed by atoms with E-state index in [1.807, 2.05) is 13.8 Å². The Kier molecular flexibility index (Phi) is 2.61. The van der Waals surface area contributed by atoms with Gasteiger partial charge >= 0.3 is 0 Å². The van der Waals surface area contributed by atoms with E-state index in [0.717, 1.165) is 4.31 Å².